The summed E-state index contributed by atoms with van der Waals surface area (Å²) in [4.78, 5) is 0. The first-order valence-electron chi connectivity index (χ1n) is 11.6. The molecule has 2 aliphatic carbocycles. The Morgan fingerprint density at radius 1 is 0.844 bits per heavy atom. The Balaban J connectivity index is 0.00000171. The normalized spacial score (nSPS) is 17.1. The van der Waals surface area contributed by atoms with Gasteiger partial charge in [-0.15, -0.1) is 12.5 Å². The number of methoxy groups -OCH3 is 1. The topological polar surface area (TPSA) is 9.23 Å². The van der Waals surface area contributed by atoms with Crippen molar-refractivity contribution in [1.29, 1.82) is 0 Å². The molecule has 2 saturated carbocycles. The summed E-state index contributed by atoms with van der Waals surface area (Å²) in [7, 11) is 1.13. The molecular weight excluding hydrogens is 814 g/mol. The monoisotopic (exact) mass is 849 g/mol. The summed E-state index contributed by atoms with van der Waals surface area (Å²) in [5.74, 6) is 1.01. The molecule has 0 amide bonds. The number of ether oxygens (including phenoxy) is 1. The number of rotatable bonds is 5. The van der Waals surface area contributed by atoms with Crippen molar-refractivity contribution in [1.82, 2.24) is 0 Å². The fourth-order valence-corrected chi connectivity index (χ4v) is 10.3. The minimum Gasteiger partial charge on any atom is -0.515 e. The predicted molar refractivity (Wildman–Crippen MR) is 127 cm³/mol. The first-order chi connectivity index (χ1) is 14.2. The van der Waals surface area contributed by atoms with Crippen LogP contribution in [0.3, 0.4) is 0 Å². The zero-order valence-electron chi connectivity index (χ0n) is 19.7. The van der Waals surface area contributed by atoms with E-state index < -0.39 is 7.92 Å². The van der Waals surface area contributed by atoms with Gasteiger partial charge in [-0.3, -0.25) is 17.7 Å². The van der Waals surface area contributed by atoms with E-state index >= 15 is 0 Å². The van der Waals surface area contributed by atoms with Crippen molar-refractivity contribution in [3.8, 4) is 16.9 Å². The van der Waals surface area contributed by atoms with Gasteiger partial charge in [0.2, 0.25) is 0 Å². The van der Waals surface area contributed by atoms with E-state index in [1.54, 1.807) is 5.30 Å². The third kappa shape index (κ3) is 7.44. The third-order valence-electron chi connectivity index (χ3n) is 7.11. The van der Waals surface area contributed by atoms with Crippen LogP contribution in [-0.4, -0.2) is 18.4 Å². The van der Waals surface area contributed by atoms with Crippen molar-refractivity contribution < 1.29 is 87.5 Å². The van der Waals surface area contributed by atoms with Crippen molar-refractivity contribution in [2.45, 2.75) is 89.4 Å². The quantitative estimate of drug-likeness (QED) is 0.178. The zero-order chi connectivity index (χ0) is 20.2. The fraction of sp³-hybridized carbons (Fsp3) is 0.556. The maximum absolute atomic E-state index is 5.93. The van der Waals surface area contributed by atoms with Gasteiger partial charge in [-0.2, -0.15) is 0 Å². The van der Waals surface area contributed by atoms with Gasteiger partial charge in [0.15, 0.2) is 0 Å². The van der Waals surface area contributed by atoms with Crippen molar-refractivity contribution in [3.05, 3.63) is 47.5 Å². The molecule has 2 fully saturated rings. The van der Waals surface area contributed by atoms with Crippen molar-refractivity contribution in [3.63, 3.8) is 0 Å². The summed E-state index contributed by atoms with van der Waals surface area (Å²) >= 11 is 0. The SMILES string of the molecule is COc1ccc(C)c([PH+](C2CCCCC2)C2CCCCC2)c1-c1[c-]cc(C)c[c-]1.[Pd].[Pr].[Pt]. The van der Waals surface area contributed by atoms with Gasteiger partial charge in [0, 0.05) is 102 Å². The molecule has 0 N–H and O–H groups in total. The van der Waals surface area contributed by atoms with Gasteiger partial charge in [0.05, 0.1) is 18.4 Å². The smallest absolute Gasteiger partial charge is 0.0752 e. The van der Waals surface area contributed by atoms with E-state index in [9.17, 15) is 0 Å². The van der Waals surface area contributed by atoms with Crippen LogP contribution in [0.1, 0.15) is 75.3 Å². The Hall–Kier alpha value is 1.38. The molecule has 2 aromatic carbocycles. The number of aryl methyl sites for hydroxylation is 2. The third-order valence-corrected chi connectivity index (χ3v) is 11.2. The van der Waals surface area contributed by atoms with E-state index in [2.05, 4.69) is 50.2 Å². The minimum atomic E-state index is -0.692. The Bertz CT molecular complexity index is 799. The average molecular weight is 850 g/mol. The van der Waals surface area contributed by atoms with Gasteiger partial charge in [-0.1, -0.05) is 18.9 Å². The summed E-state index contributed by atoms with van der Waals surface area (Å²) in [6.45, 7) is 4.45. The molecule has 4 rings (SSSR count). The maximum Gasteiger partial charge on any atom is 0.0752 e. The molecule has 0 unspecified atom stereocenters. The van der Waals surface area contributed by atoms with Crippen LogP contribution in [0.15, 0.2) is 24.3 Å². The molecule has 0 heterocycles. The molecule has 0 aromatic heterocycles. The molecule has 0 aliphatic heterocycles. The molecule has 1 nitrogen and oxygen atoms in total. The van der Waals surface area contributed by atoms with E-state index in [0.717, 1.165) is 22.6 Å². The van der Waals surface area contributed by atoms with Gasteiger partial charge in [0.25, 0.3) is 0 Å². The Labute approximate surface area is 258 Å². The van der Waals surface area contributed by atoms with Gasteiger partial charge >= 0.3 is 0 Å². The molecule has 0 spiro atoms. The van der Waals surface area contributed by atoms with E-state index in [4.69, 9.17) is 4.74 Å². The standard InChI is InChI=1S/C27H35OP.Pd.Pr.Pt/c1-20-14-17-22(18-15-20)26-25(28-3)19-16-21(2)27(26)29(23-10-6-4-7-11-23)24-12-8-5-9-13-24;;;/h14-16,19,23-24H,4-13H2,1-3H3;;;/q-2;;;/p+1. The van der Waals surface area contributed by atoms with Gasteiger partial charge in [-0.25, -0.2) is 17.7 Å². The molecule has 2 aromatic rings. The molecule has 0 saturated heterocycles. The fourth-order valence-electron chi connectivity index (χ4n) is 5.65. The number of benzene rings is 2. The Morgan fingerprint density at radius 2 is 1.34 bits per heavy atom. The summed E-state index contributed by atoms with van der Waals surface area (Å²) in [6.07, 6.45) is 14.3. The number of hydrogen-bond donors (Lipinski definition) is 0. The molecule has 32 heavy (non-hydrogen) atoms. The van der Waals surface area contributed by atoms with Crippen LogP contribution < -0.4 is 10.0 Å². The van der Waals surface area contributed by atoms with Crippen LogP contribution in [0.5, 0.6) is 5.75 Å². The van der Waals surface area contributed by atoms with Crippen LogP contribution >= 0.6 is 7.92 Å². The maximum atomic E-state index is 5.93. The van der Waals surface area contributed by atoms with Gasteiger partial charge in [0.1, 0.15) is 0 Å². The van der Waals surface area contributed by atoms with E-state index in [1.165, 1.54) is 80.9 Å². The largest absolute Gasteiger partial charge is 0.515 e. The Kier molecular flexibility index (Phi) is 15.2. The van der Waals surface area contributed by atoms with E-state index in [-0.39, 0.29) is 82.8 Å². The molecular formula is C27H36OPPdPrPt-. The van der Waals surface area contributed by atoms with Crippen LogP contribution in [0.4, 0.5) is 0 Å². The van der Waals surface area contributed by atoms with Crippen molar-refractivity contribution in [2.24, 2.45) is 0 Å². The molecule has 1 radical (unpaired) electrons. The summed E-state index contributed by atoms with van der Waals surface area (Å²) < 4.78 is 5.93. The van der Waals surface area contributed by atoms with Crippen LogP contribution in [0.25, 0.3) is 11.1 Å². The van der Waals surface area contributed by atoms with Crippen molar-refractivity contribution in [2.75, 3.05) is 7.11 Å². The first kappa shape index (κ1) is 31.4. The second kappa shape index (κ2) is 15.5. The predicted octanol–water partition coefficient (Wildman–Crippen LogP) is 7.08. The molecule has 2 aliphatic rings. The Morgan fingerprint density at radius 3 is 1.81 bits per heavy atom. The molecule has 179 valence electrons. The molecule has 0 atom stereocenters. The van der Waals surface area contributed by atoms with Gasteiger partial charge in [-0.05, 0) is 69.9 Å². The van der Waals surface area contributed by atoms with Crippen LogP contribution in [0.2, 0.25) is 0 Å². The summed E-state index contributed by atoms with van der Waals surface area (Å²) in [5.41, 5.74) is 6.90. The minimum absolute atomic E-state index is 0. The molecule has 0 bridgehead atoms. The van der Waals surface area contributed by atoms with E-state index in [0.29, 0.717) is 0 Å². The van der Waals surface area contributed by atoms with Crippen LogP contribution in [-0.2, 0) is 41.5 Å². The second-order valence-electron chi connectivity index (χ2n) is 9.16. The van der Waals surface area contributed by atoms with Gasteiger partial charge < -0.3 is 4.74 Å². The van der Waals surface area contributed by atoms with Crippen LogP contribution in [0, 0.1) is 67.3 Å². The summed E-state index contributed by atoms with van der Waals surface area (Å²) in [6, 6.07) is 15.7. The zero-order valence-corrected chi connectivity index (χ0v) is 28.2. The van der Waals surface area contributed by atoms with Crippen molar-refractivity contribution >= 4 is 13.2 Å². The molecule has 5 heteroatoms. The summed E-state index contributed by atoms with van der Waals surface area (Å²) in [5, 5.41) is 1.64. The second-order valence-corrected chi connectivity index (χ2v) is 12.2. The average Bonchev–Trinajstić information content (AvgIpc) is 2.77. The van der Waals surface area contributed by atoms with E-state index in [1.807, 2.05) is 7.11 Å². The first-order valence-corrected chi connectivity index (χ1v) is 13.3. The number of hydrogen-bond acceptors (Lipinski definition) is 1.